The predicted octanol–water partition coefficient (Wildman–Crippen LogP) is 4.14. The minimum Gasteiger partial charge on any atom is -0.340 e. The summed E-state index contributed by atoms with van der Waals surface area (Å²) in [6.45, 7) is 3.84. The van der Waals surface area contributed by atoms with Crippen molar-refractivity contribution in [3.05, 3.63) is 69.7 Å². The maximum absolute atomic E-state index is 13.8. The molecule has 4 nitrogen and oxygen atoms in total. The van der Waals surface area contributed by atoms with E-state index in [0.717, 1.165) is 22.2 Å². The standard InChI is InChI=1S/C20H21BrF2N2O2/c1-12(2)18(24-19(26)17-15(22)9-6-10-16(17)23)20(27)25(3)11-13-7-4-5-8-14(13)21/h4-10,12,18H,11H2,1-3H3,(H,24,26). The van der Waals surface area contributed by atoms with E-state index in [1.807, 2.05) is 24.3 Å². The van der Waals surface area contributed by atoms with Gasteiger partial charge in [-0.3, -0.25) is 9.59 Å². The van der Waals surface area contributed by atoms with E-state index < -0.39 is 29.1 Å². The van der Waals surface area contributed by atoms with E-state index in [1.54, 1.807) is 20.9 Å². The average molecular weight is 439 g/mol. The van der Waals surface area contributed by atoms with Crippen molar-refractivity contribution < 1.29 is 18.4 Å². The average Bonchev–Trinajstić information content (AvgIpc) is 2.60. The number of hydrogen-bond donors (Lipinski definition) is 1. The molecular weight excluding hydrogens is 418 g/mol. The summed E-state index contributed by atoms with van der Waals surface area (Å²) in [6.07, 6.45) is 0. The minimum atomic E-state index is -0.968. The van der Waals surface area contributed by atoms with E-state index in [0.29, 0.717) is 6.54 Å². The van der Waals surface area contributed by atoms with Crippen molar-refractivity contribution in [3.63, 3.8) is 0 Å². The van der Waals surface area contributed by atoms with Crippen LogP contribution in [-0.4, -0.2) is 29.8 Å². The van der Waals surface area contributed by atoms with Crippen LogP contribution in [-0.2, 0) is 11.3 Å². The van der Waals surface area contributed by atoms with E-state index in [1.165, 1.54) is 11.0 Å². The molecule has 7 heteroatoms. The monoisotopic (exact) mass is 438 g/mol. The van der Waals surface area contributed by atoms with Gasteiger partial charge in [0.2, 0.25) is 5.91 Å². The van der Waals surface area contributed by atoms with Crippen LogP contribution in [0.5, 0.6) is 0 Å². The highest BCUT2D eigenvalue weighted by atomic mass is 79.9. The van der Waals surface area contributed by atoms with Crippen molar-refractivity contribution in [1.29, 1.82) is 0 Å². The lowest BCUT2D eigenvalue weighted by Crippen LogP contribution is -2.50. The van der Waals surface area contributed by atoms with Crippen LogP contribution in [0.3, 0.4) is 0 Å². The Morgan fingerprint density at radius 1 is 1.07 bits per heavy atom. The molecule has 0 aliphatic rings. The van der Waals surface area contributed by atoms with Crippen molar-refractivity contribution in [2.24, 2.45) is 5.92 Å². The number of benzene rings is 2. The van der Waals surface area contributed by atoms with Gasteiger partial charge in [-0.25, -0.2) is 8.78 Å². The Balaban J connectivity index is 2.17. The Hall–Kier alpha value is -2.28. The summed E-state index contributed by atoms with van der Waals surface area (Å²) < 4.78 is 28.5. The SMILES string of the molecule is CC(C)C(NC(=O)c1c(F)cccc1F)C(=O)N(C)Cc1ccccc1Br. The maximum atomic E-state index is 13.8. The van der Waals surface area contributed by atoms with Crippen molar-refractivity contribution in [2.45, 2.75) is 26.4 Å². The molecule has 0 saturated carbocycles. The van der Waals surface area contributed by atoms with Gasteiger partial charge in [-0.05, 0) is 29.7 Å². The number of rotatable bonds is 6. The zero-order valence-corrected chi connectivity index (χ0v) is 16.9. The van der Waals surface area contributed by atoms with Gasteiger partial charge in [0.25, 0.3) is 5.91 Å². The van der Waals surface area contributed by atoms with Crippen LogP contribution in [0.25, 0.3) is 0 Å². The van der Waals surface area contributed by atoms with E-state index in [9.17, 15) is 18.4 Å². The van der Waals surface area contributed by atoms with Crippen LogP contribution in [0.1, 0.15) is 29.8 Å². The second kappa shape index (κ2) is 9.08. The van der Waals surface area contributed by atoms with Gasteiger partial charge in [-0.15, -0.1) is 0 Å². The summed E-state index contributed by atoms with van der Waals surface area (Å²) in [6, 6.07) is 9.76. The third-order valence-corrected chi connectivity index (χ3v) is 4.92. The van der Waals surface area contributed by atoms with Crippen LogP contribution < -0.4 is 5.32 Å². The lowest BCUT2D eigenvalue weighted by atomic mass is 10.0. The largest absolute Gasteiger partial charge is 0.340 e. The fourth-order valence-electron chi connectivity index (χ4n) is 2.64. The second-order valence-corrected chi connectivity index (χ2v) is 7.43. The van der Waals surface area contributed by atoms with E-state index in [2.05, 4.69) is 21.2 Å². The molecule has 1 N–H and O–H groups in total. The molecule has 27 heavy (non-hydrogen) atoms. The second-order valence-electron chi connectivity index (χ2n) is 6.58. The molecule has 0 fully saturated rings. The molecule has 2 rings (SSSR count). The lowest BCUT2D eigenvalue weighted by Gasteiger charge is -2.27. The van der Waals surface area contributed by atoms with Gasteiger partial charge in [0.05, 0.1) is 0 Å². The number of amides is 2. The molecule has 0 spiro atoms. The highest BCUT2D eigenvalue weighted by molar-refractivity contribution is 9.10. The number of nitrogens with one attached hydrogen (secondary N) is 1. The first-order valence-corrected chi connectivity index (χ1v) is 9.25. The number of carbonyl (C=O) groups is 2. The van der Waals surface area contributed by atoms with E-state index in [-0.39, 0.29) is 11.8 Å². The molecule has 0 saturated heterocycles. The summed E-state index contributed by atoms with van der Waals surface area (Å²) in [4.78, 5) is 26.7. The Morgan fingerprint density at radius 2 is 1.67 bits per heavy atom. The first-order valence-electron chi connectivity index (χ1n) is 8.45. The van der Waals surface area contributed by atoms with E-state index >= 15 is 0 Å². The third kappa shape index (κ3) is 5.13. The summed E-state index contributed by atoms with van der Waals surface area (Å²) in [5.41, 5.74) is 0.215. The molecule has 2 aromatic carbocycles. The van der Waals surface area contributed by atoms with Crippen molar-refractivity contribution in [2.75, 3.05) is 7.05 Å². The number of halogens is 3. The van der Waals surface area contributed by atoms with Gasteiger partial charge < -0.3 is 10.2 Å². The van der Waals surface area contributed by atoms with Gasteiger partial charge in [0.1, 0.15) is 23.2 Å². The molecule has 144 valence electrons. The molecule has 0 heterocycles. The predicted molar refractivity (Wildman–Crippen MR) is 103 cm³/mol. The van der Waals surface area contributed by atoms with Gasteiger partial charge in [0.15, 0.2) is 0 Å². The highest BCUT2D eigenvalue weighted by Gasteiger charge is 2.29. The number of hydrogen-bond acceptors (Lipinski definition) is 2. The number of nitrogens with zero attached hydrogens (tertiary/aromatic N) is 1. The van der Waals surface area contributed by atoms with Gasteiger partial charge in [0, 0.05) is 18.1 Å². The summed E-state index contributed by atoms with van der Waals surface area (Å²) in [7, 11) is 1.62. The lowest BCUT2D eigenvalue weighted by molar-refractivity contribution is -0.133. The smallest absolute Gasteiger partial charge is 0.257 e. The molecule has 0 bridgehead atoms. The molecule has 1 unspecified atom stereocenters. The molecular formula is C20H21BrF2N2O2. The Labute approximate surface area is 165 Å². The topological polar surface area (TPSA) is 49.4 Å². The fraction of sp³-hybridized carbons (Fsp3) is 0.300. The first-order chi connectivity index (χ1) is 12.7. The van der Waals surface area contributed by atoms with Crippen molar-refractivity contribution >= 4 is 27.7 Å². The van der Waals surface area contributed by atoms with Crippen LogP contribution >= 0.6 is 15.9 Å². The van der Waals surface area contributed by atoms with Crippen molar-refractivity contribution in [3.8, 4) is 0 Å². The van der Waals surface area contributed by atoms with Gasteiger partial charge in [-0.2, -0.15) is 0 Å². The normalized spacial score (nSPS) is 12.0. The molecule has 0 radical (unpaired) electrons. The zero-order valence-electron chi connectivity index (χ0n) is 15.3. The van der Waals surface area contributed by atoms with Gasteiger partial charge in [-0.1, -0.05) is 54.0 Å². The van der Waals surface area contributed by atoms with Crippen molar-refractivity contribution in [1.82, 2.24) is 10.2 Å². The summed E-state index contributed by atoms with van der Waals surface area (Å²) >= 11 is 3.44. The molecule has 0 aromatic heterocycles. The van der Waals surface area contributed by atoms with Crippen LogP contribution in [0.4, 0.5) is 8.78 Å². The highest BCUT2D eigenvalue weighted by Crippen LogP contribution is 2.19. The first kappa shape index (κ1) is 21.0. The summed E-state index contributed by atoms with van der Waals surface area (Å²) in [5, 5.41) is 2.47. The Bertz CT molecular complexity index is 822. The van der Waals surface area contributed by atoms with Crippen LogP contribution in [0, 0.1) is 17.6 Å². The molecule has 0 aliphatic carbocycles. The quantitative estimate of drug-likeness (QED) is 0.736. The molecule has 0 aliphatic heterocycles. The number of carbonyl (C=O) groups excluding carboxylic acids is 2. The molecule has 2 amide bonds. The number of likely N-dealkylation sites (N-methyl/N-ethyl adjacent to an activating group) is 1. The maximum Gasteiger partial charge on any atom is 0.257 e. The Morgan fingerprint density at radius 3 is 2.22 bits per heavy atom. The molecule has 1 atom stereocenters. The van der Waals surface area contributed by atoms with Crippen LogP contribution in [0.2, 0.25) is 0 Å². The fourth-order valence-corrected chi connectivity index (χ4v) is 3.05. The molecule has 2 aromatic rings. The van der Waals surface area contributed by atoms with Crippen LogP contribution in [0.15, 0.2) is 46.9 Å². The van der Waals surface area contributed by atoms with E-state index in [4.69, 9.17) is 0 Å². The Kier molecular flexibility index (Phi) is 7.07. The third-order valence-electron chi connectivity index (χ3n) is 4.15. The summed E-state index contributed by atoms with van der Waals surface area (Å²) in [5.74, 6) is -3.50. The van der Waals surface area contributed by atoms with Gasteiger partial charge >= 0.3 is 0 Å². The minimum absolute atomic E-state index is 0.266. The zero-order chi connectivity index (χ0) is 20.1.